The van der Waals surface area contributed by atoms with Crippen LogP contribution in [-0.2, 0) is 9.13 Å². The minimum atomic E-state index is -4.64. The lowest BCUT2D eigenvalue weighted by Crippen LogP contribution is -1.66. The van der Waals surface area contributed by atoms with Gasteiger partial charge in [-0.15, -0.1) is 0 Å². The first kappa shape index (κ1) is 23.8. The van der Waals surface area contributed by atoms with Gasteiger partial charge in [-0.05, 0) is 0 Å². The first-order chi connectivity index (χ1) is 5.41. The Labute approximate surface area is 80.8 Å². The summed E-state index contributed by atoms with van der Waals surface area (Å²) in [5.41, 5.74) is 0. The smallest absolute Gasteiger partial charge is 0.412 e. The maximum atomic E-state index is 8.88. The summed E-state index contributed by atoms with van der Waals surface area (Å²) >= 11 is 0. The fraction of sp³-hybridized carbons (Fsp3) is 1.00. The van der Waals surface area contributed by atoms with Crippen molar-refractivity contribution in [1.82, 2.24) is 0 Å². The van der Waals surface area contributed by atoms with Crippen molar-refractivity contribution in [2.75, 3.05) is 0 Å². The van der Waals surface area contributed by atoms with Crippen LogP contribution in [0.3, 0.4) is 0 Å². The van der Waals surface area contributed by atoms with E-state index in [9.17, 15) is 0 Å². The van der Waals surface area contributed by atoms with Crippen molar-refractivity contribution < 1.29 is 44.0 Å². The molecule has 0 aliphatic carbocycles. The van der Waals surface area contributed by atoms with E-state index < -0.39 is 15.6 Å². The predicted octanol–water partition coefficient (Wildman–Crippen LogP) is -1.27. The molecule has 0 rings (SSSR count). The molecule has 0 aromatic heterocycles. The Balaban J connectivity index is -0.0000000535. The molecule has 0 atom stereocenters. The summed E-state index contributed by atoms with van der Waals surface area (Å²) in [6, 6.07) is 0. The molecule has 0 radical (unpaired) electrons. The molecule has 0 aromatic carbocycles. The van der Waals surface area contributed by atoms with E-state index in [0.717, 1.165) is 0 Å². The molecule has 92 valence electrons. The lowest BCUT2D eigenvalue weighted by molar-refractivity contribution is 0.272. The molecule has 0 heterocycles. The normalized spacial score (nSPS) is 9.71. The van der Waals surface area contributed by atoms with E-state index in [-0.39, 0.29) is 5.48 Å². The van der Waals surface area contributed by atoms with E-state index in [2.05, 4.69) is 13.8 Å². The molecule has 0 amide bonds. The topological polar surface area (TPSA) is 187 Å². The average molecular weight is 258 g/mol. The van der Waals surface area contributed by atoms with E-state index in [1.165, 1.54) is 6.42 Å². The van der Waals surface area contributed by atoms with Gasteiger partial charge in [0.25, 0.3) is 0 Å². The summed E-state index contributed by atoms with van der Waals surface area (Å²) in [4.78, 5) is 43.1. The van der Waals surface area contributed by atoms with Crippen LogP contribution in [0.25, 0.3) is 0 Å². The maximum absolute atomic E-state index is 8.88. The Morgan fingerprint density at radius 2 is 0.786 bits per heavy atom. The molecule has 0 saturated heterocycles. The second-order valence-electron chi connectivity index (χ2n) is 1.73. The van der Waals surface area contributed by atoms with Crippen molar-refractivity contribution in [3.63, 3.8) is 0 Å². The third-order valence-electron chi connectivity index (χ3n) is 0. The van der Waals surface area contributed by atoms with Crippen LogP contribution in [0.2, 0.25) is 0 Å². The van der Waals surface area contributed by atoms with Crippen LogP contribution in [0, 0.1) is 0 Å². The molecule has 0 aliphatic heterocycles. The average Bonchev–Trinajstić information content (AvgIpc) is 1.52. The van der Waals surface area contributed by atoms with E-state index in [1.54, 1.807) is 0 Å². The van der Waals surface area contributed by atoms with Crippen molar-refractivity contribution in [3.05, 3.63) is 0 Å². The highest BCUT2D eigenvalue weighted by atomic mass is 31.2. The first-order valence-electron chi connectivity index (χ1n) is 2.98. The van der Waals surface area contributed by atoms with Crippen molar-refractivity contribution in [3.8, 4) is 0 Å². The van der Waals surface area contributed by atoms with Crippen molar-refractivity contribution >= 4 is 15.6 Å². The van der Waals surface area contributed by atoms with Crippen LogP contribution in [0.5, 0.6) is 0 Å². The summed E-state index contributed by atoms with van der Waals surface area (Å²) in [6.07, 6.45) is 1.25. The molecule has 0 unspecified atom stereocenters. The Morgan fingerprint density at radius 1 is 0.786 bits per heavy atom. The Kier molecular flexibility index (Phi) is 19.1. The van der Waals surface area contributed by atoms with Gasteiger partial charge in [-0.2, -0.15) is 0 Å². The number of phosphoric acid groups is 2. The highest BCUT2D eigenvalue weighted by molar-refractivity contribution is 7.45. The monoisotopic (exact) mass is 258 g/mol. The van der Waals surface area contributed by atoms with Gasteiger partial charge in [-0.3, -0.25) is 0 Å². The molecule has 14 heavy (non-hydrogen) atoms. The number of rotatable bonds is 0. The van der Waals surface area contributed by atoms with Crippen LogP contribution in [0.4, 0.5) is 0 Å². The molecular formula is C3H16O9P2. The van der Waals surface area contributed by atoms with Crippen LogP contribution in [0.1, 0.15) is 20.3 Å². The van der Waals surface area contributed by atoms with Crippen molar-refractivity contribution in [2.45, 2.75) is 20.3 Å². The van der Waals surface area contributed by atoms with Crippen LogP contribution in [-0.4, -0.2) is 34.8 Å². The van der Waals surface area contributed by atoms with Crippen molar-refractivity contribution in [2.24, 2.45) is 0 Å². The summed E-state index contributed by atoms with van der Waals surface area (Å²) in [5, 5.41) is 0. The Bertz CT molecular complexity index is 142. The van der Waals surface area contributed by atoms with Gasteiger partial charge in [-0.25, -0.2) is 9.13 Å². The second-order valence-corrected chi connectivity index (χ2v) is 3.79. The molecule has 0 bridgehead atoms. The minimum Gasteiger partial charge on any atom is -0.412 e. The summed E-state index contributed by atoms with van der Waals surface area (Å²) in [7, 11) is -9.28. The van der Waals surface area contributed by atoms with Gasteiger partial charge in [-0.1, -0.05) is 20.3 Å². The van der Waals surface area contributed by atoms with E-state index in [4.69, 9.17) is 38.5 Å². The zero-order valence-corrected chi connectivity index (χ0v) is 9.39. The molecule has 11 heteroatoms. The highest BCUT2D eigenvalue weighted by Gasteiger charge is 2.00. The summed E-state index contributed by atoms with van der Waals surface area (Å²) in [5.74, 6) is 0. The third-order valence-corrected chi connectivity index (χ3v) is 0. The first-order valence-corrected chi connectivity index (χ1v) is 6.11. The van der Waals surface area contributed by atoms with Gasteiger partial charge in [0.2, 0.25) is 0 Å². The lowest BCUT2D eigenvalue weighted by Gasteiger charge is -1.82. The lowest BCUT2D eigenvalue weighted by atomic mass is 10.6. The number of hydrogen-bond donors (Lipinski definition) is 6. The van der Waals surface area contributed by atoms with Gasteiger partial charge in [0.1, 0.15) is 0 Å². The quantitative estimate of drug-likeness (QED) is 0.290. The molecule has 8 N–H and O–H groups in total. The maximum Gasteiger partial charge on any atom is 0.466 e. The predicted molar refractivity (Wildman–Crippen MR) is 48.1 cm³/mol. The molecule has 0 aliphatic rings. The van der Waals surface area contributed by atoms with Crippen molar-refractivity contribution in [1.29, 1.82) is 0 Å². The fourth-order valence-corrected chi connectivity index (χ4v) is 0. The van der Waals surface area contributed by atoms with Gasteiger partial charge < -0.3 is 34.8 Å². The molecule has 0 fully saturated rings. The zero-order chi connectivity index (χ0) is 11.7. The fourth-order valence-electron chi connectivity index (χ4n) is 0. The second kappa shape index (κ2) is 11.3. The molecule has 0 aromatic rings. The largest absolute Gasteiger partial charge is 0.466 e. The number of hydrogen-bond acceptors (Lipinski definition) is 2. The van der Waals surface area contributed by atoms with Gasteiger partial charge in [0.05, 0.1) is 0 Å². The zero-order valence-electron chi connectivity index (χ0n) is 7.60. The van der Waals surface area contributed by atoms with E-state index >= 15 is 0 Å². The Hall–Kier alpha value is 0.180. The van der Waals surface area contributed by atoms with Gasteiger partial charge >= 0.3 is 15.6 Å². The van der Waals surface area contributed by atoms with Crippen LogP contribution >= 0.6 is 15.6 Å². The standard InChI is InChI=1S/C3H8.2H3O4P.H2O/c1-3-2;2*1-5(2,3)4;/h3H2,1-2H3;2*(H3,1,2,3,4);1H2. The summed E-state index contributed by atoms with van der Waals surface area (Å²) in [6.45, 7) is 4.25. The SMILES string of the molecule is CCC.O.O=P(O)(O)O.O=P(O)(O)O. The molecule has 0 spiro atoms. The van der Waals surface area contributed by atoms with E-state index in [0.29, 0.717) is 0 Å². The van der Waals surface area contributed by atoms with E-state index in [1.807, 2.05) is 0 Å². The molecular weight excluding hydrogens is 242 g/mol. The molecule has 0 saturated carbocycles. The van der Waals surface area contributed by atoms with Gasteiger partial charge in [0, 0.05) is 0 Å². The highest BCUT2D eigenvalue weighted by Crippen LogP contribution is 2.26. The Morgan fingerprint density at radius 3 is 0.786 bits per heavy atom. The van der Waals surface area contributed by atoms with Crippen LogP contribution < -0.4 is 0 Å². The minimum absolute atomic E-state index is 0. The molecule has 9 nitrogen and oxygen atoms in total. The summed E-state index contributed by atoms with van der Waals surface area (Å²) < 4.78 is 17.8. The van der Waals surface area contributed by atoms with Gasteiger partial charge in [0.15, 0.2) is 0 Å². The van der Waals surface area contributed by atoms with Crippen LogP contribution in [0.15, 0.2) is 0 Å². The third kappa shape index (κ3) is 47000.